The minimum absolute atomic E-state index is 0.278. The van der Waals surface area contributed by atoms with Gasteiger partial charge in [-0.15, -0.1) is 0 Å². The van der Waals surface area contributed by atoms with E-state index in [9.17, 15) is 19.5 Å². The molecule has 3 rings (SSSR count). The van der Waals surface area contributed by atoms with Crippen molar-refractivity contribution < 1.29 is 29.3 Å². The van der Waals surface area contributed by atoms with Gasteiger partial charge in [0.25, 0.3) is 0 Å². The number of allylic oxidation sites excluding steroid dienone is 1. The molecule has 0 aromatic carbocycles. The number of aliphatic hydroxyl groups is 1. The highest BCUT2D eigenvalue weighted by atomic mass is 16.5. The van der Waals surface area contributed by atoms with E-state index < -0.39 is 23.1 Å². The van der Waals surface area contributed by atoms with Gasteiger partial charge >= 0.3 is 5.97 Å². The summed E-state index contributed by atoms with van der Waals surface area (Å²) in [6.45, 7) is 0.779. The van der Waals surface area contributed by atoms with Gasteiger partial charge in [-0.2, -0.15) is 0 Å². The molecule has 0 radical (unpaired) electrons. The van der Waals surface area contributed by atoms with Crippen LogP contribution in [0.15, 0.2) is 23.9 Å². The van der Waals surface area contributed by atoms with Gasteiger partial charge in [0.15, 0.2) is 17.3 Å². The number of aliphatic carboxylic acids is 1. The molecule has 1 saturated heterocycles. The second kappa shape index (κ2) is 5.66. The van der Waals surface area contributed by atoms with Crippen LogP contribution in [-0.2, 0) is 24.7 Å². The van der Waals surface area contributed by atoms with Crippen molar-refractivity contribution >= 4 is 23.3 Å². The van der Waals surface area contributed by atoms with E-state index in [2.05, 4.69) is 0 Å². The van der Waals surface area contributed by atoms with Gasteiger partial charge in [0.1, 0.15) is 11.1 Å². The fraction of sp³-hybridized carbons (Fsp3) is 0.438. The molecule has 1 aromatic heterocycles. The number of aromatic nitrogens is 1. The van der Waals surface area contributed by atoms with Gasteiger partial charge in [0.2, 0.25) is 0 Å². The molecule has 0 unspecified atom stereocenters. The van der Waals surface area contributed by atoms with Gasteiger partial charge in [-0.25, -0.2) is 0 Å². The predicted octanol–water partition coefficient (Wildman–Crippen LogP) is 1.28. The Morgan fingerprint density at radius 2 is 1.96 bits per heavy atom. The molecule has 0 bridgehead atoms. The Morgan fingerprint density at radius 1 is 1.26 bits per heavy atom. The van der Waals surface area contributed by atoms with E-state index >= 15 is 0 Å². The van der Waals surface area contributed by atoms with E-state index in [4.69, 9.17) is 9.84 Å². The Hall–Kier alpha value is -2.41. The Labute approximate surface area is 132 Å². The van der Waals surface area contributed by atoms with Crippen molar-refractivity contribution in [3.05, 3.63) is 29.6 Å². The van der Waals surface area contributed by atoms with Gasteiger partial charge < -0.3 is 19.5 Å². The Bertz CT molecular complexity index is 708. The molecule has 1 fully saturated rings. The van der Waals surface area contributed by atoms with E-state index in [0.717, 1.165) is 0 Å². The van der Waals surface area contributed by atoms with Crippen LogP contribution in [0.3, 0.4) is 0 Å². The number of ether oxygens (including phenoxy) is 1. The smallest absolute Gasteiger partial charge is 0.303 e. The fourth-order valence-corrected chi connectivity index (χ4v) is 3.31. The zero-order chi connectivity index (χ0) is 16.6. The van der Waals surface area contributed by atoms with Crippen molar-refractivity contribution in [3.63, 3.8) is 0 Å². The van der Waals surface area contributed by atoms with Crippen LogP contribution in [0.2, 0.25) is 0 Å². The first kappa shape index (κ1) is 15.5. The van der Waals surface area contributed by atoms with Crippen molar-refractivity contribution in [2.24, 2.45) is 0 Å². The lowest BCUT2D eigenvalue weighted by atomic mass is 9.77. The minimum Gasteiger partial charge on any atom is -0.505 e. The normalized spacial score (nSPS) is 19.7. The largest absolute Gasteiger partial charge is 0.505 e. The molecule has 7 heteroatoms. The van der Waals surface area contributed by atoms with Crippen LogP contribution in [0.5, 0.6) is 0 Å². The summed E-state index contributed by atoms with van der Waals surface area (Å²) in [7, 11) is 0. The van der Waals surface area contributed by atoms with Crippen molar-refractivity contribution in [2.45, 2.75) is 31.2 Å². The molecule has 0 aliphatic carbocycles. The van der Waals surface area contributed by atoms with Gasteiger partial charge in [-0.1, -0.05) is 0 Å². The molecular weight excluding hydrogens is 302 g/mol. The Balaban J connectivity index is 2.05. The number of hydrogen-bond acceptors (Lipinski definition) is 5. The number of hydrogen-bond donors (Lipinski definition) is 2. The molecule has 1 spiro atoms. The first-order valence-corrected chi connectivity index (χ1v) is 7.46. The quantitative estimate of drug-likeness (QED) is 0.810. The first-order chi connectivity index (χ1) is 11.0. The molecule has 2 aliphatic rings. The van der Waals surface area contributed by atoms with E-state index in [-0.39, 0.29) is 24.2 Å². The number of fused-ring (bicyclic) bond motifs is 2. The number of ketones is 2. The van der Waals surface area contributed by atoms with Gasteiger partial charge in [0.05, 0.1) is 12.1 Å². The van der Waals surface area contributed by atoms with Gasteiger partial charge in [-0.05, 0) is 12.1 Å². The summed E-state index contributed by atoms with van der Waals surface area (Å²) in [6.07, 6.45) is 1.86. The molecule has 7 nitrogen and oxygen atoms in total. The monoisotopic (exact) mass is 319 g/mol. The highest BCUT2D eigenvalue weighted by Crippen LogP contribution is 2.41. The third-order valence-corrected chi connectivity index (χ3v) is 4.50. The number of carbonyl (C=O) groups is 3. The number of Topliss-reactive ketones (excluding diaryl/α,β-unsaturated/α-hetero) is 2. The fourth-order valence-electron chi connectivity index (χ4n) is 3.31. The highest BCUT2D eigenvalue weighted by Gasteiger charge is 2.49. The lowest BCUT2D eigenvalue weighted by molar-refractivity contribution is -0.139. The molecule has 2 N–H and O–H groups in total. The highest BCUT2D eigenvalue weighted by molar-refractivity contribution is 6.27. The maximum Gasteiger partial charge on any atom is 0.303 e. The van der Waals surface area contributed by atoms with Crippen LogP contribution in [0.4, 0.5) is 0 Å². The molecule has 1 aromatic rings. The maximum absolute atomic E-state index is 13.0. The number of nitrogens with zero attached hydrogens (tertiary/aromatic N) is 1. The van der Waals surface area contributed by atoms with E-state index in [1.807, 2.05) is 0 Å². The lowest BCUT2D eigenvalue weighted by Crippen LogP contribution is -2.50. The van der Waals surface area contributed by atoms with Crippen LogP contribution >= 0.6 is 0 Å². The topological polar surface area (TPSA) is 106 Å². The zero-order valence-electron chi connectivity index (χ0n) is 12.4. The SMILES string of the molecule is O=C(O)CCC(=O)C1=C(O)c2cccn2C2(CCOCC2)C1=O. The summed E-state index contributed by atoms with van der Waals surface area (Å²) in [5.74, 6) is -2.57. The summed E-state index contributed by atoms with van der Waals surface area (Å²) >= 11 is 0. The molecule has 3 heterocycles. The minimum atomic E-state index is -1.12. The summed E-state index contributed by atoms with van der Waals surface area (Å²) < 4.78 is 7.04. The van der Waals surface area contributed by atoms with Crippen molar-refractivity contribution in [3.8, 4) is 0 Å². The van der Waals surface area contributed by atoms with Crippen molar-refractivity contribution in [1.29, 1.82) is 0 Å². The first-order valence-electron chi connectivity index (χ1n) is 7.46. The Morgan fingerprint density at radius 3 is 2.61 bits per heavy atom. The van der Waals surface area contributed by atoms with Crippen LogP contribution < -0.4 is 0 Å². The number of aliphatic hydroxyl groups excluding tert-OH is 1. The summed E-state index contributed by atoms with van der Waals surface area (Å²) in [5, 5.41) is 19.1. The maximum atomic E-state index is 13.0. The third kappa shape index (κ3) is 2.37. The van der Waals surface area contributed by atoms with Crippen LogP contribution in [-0.4, -0.2) is 45.5 Å². The number of carboxylic acid groups (broad SMARTS) is 1. The molecule has 0 atom stereocenters. The zero-order valence-corrected chi connectivity index (χ0v) is 12.4. The van der Waals surface area contributed by atoms with Crippen LogP contribution in [0.25, 0.3) is 5.76 Å². The number of carbonyl (C=O) groups excluding carboxylic acids is 2. The summed E-state index contributed by atoms with van der Waals surface area (Å²) in [5.41, 5.74) is -0.804. The standard InChI is InChI=1S/C16H17NO6/c18-11(3-4-12(19)20)13-14(21)10-2-1-7-17(10)16(15(13)22)5-8-23-9-6-16/h1-2,7,21H,3-6,8-9H2,(H,19,20). The van der Waals surface area contributed by atoms with E-state index in [0.29, 0.717) is 31.7 Å². The molecule has 0 saturated carbocycles. The molecule has 23 heavy (non-hydrogen) atoms. The van der Waals surface area contributed by atoms with Gasteiger partial charge in [-0.3, -0.25) is 14.4 Å². The Kier molecular flexibility index (Phi) is 3.81. The second-order valence-corrected chi connectivity index (χ2v) is 5.78. The van der Waals surface area contributed by atoms with Crippen molar-refractivity contribution in [1.82, 2.24) is 4.57 Å². The molecular formula is C16H17NO6. The molecule has 122 valence electrons. The third-order valence-electron chi connectivity index (χ3n) is 4.50. The number of carboxylic acids is 1. The van der Waals surface area contributed by atoms with Gasteiger partial charge in [0, 0.05) is 38.7 Å². The predicted molar refractivity (Wildman–Crippen MR) is 78.9 cm³/mol. The average molecular weight is 319 g/mol. The van der Waals surface area contributed by atoms with Crippen LogP contribution in [0, 0.1) is 0 Å². The lowest BCUT2D eigenvalue weighted by Gasteiger charge is -2.41. The summed E-state index contributed by atoms with van der Waals surface area (Å²) in [4.78, 5) is 36.0. The van der Waals surface area contributed by atoms with E-state index in [1.165, 1.54) is 0 Å². The van der Waals surface area contributed by atoms with Crippen LogP contribution in [0.1, 0.15) is 31.4 Å². The average Bonchev–Trinajstić information content (AvgIpc) is 3.03. The molecule has 0 amide bonds. The molecule has 2 aliphatic heterocycles. The number of rotatable bonds is 4. The second-order valence-electron chi connectivity index (χ2n) is 5.78. The summed E-state index contributed by atoms with van der Waals surface area (Å²) in [6, 6.07) is 3.35. The van der Waals surface area contributed by atoms with Crippen molar-refractivity contribution in [2.75, 3.05) is 13.2 Å². The van der Waals surface area contributed by atoms with E-state index in [1.54, 1.807) is 22.9 Å².